The van der Waals surface area contributed by atoms with Crippen LogP contribution in [0.25, 0.3) is 83.2 Å². The summed E-state index contributed by atoms with van der Waals surface area (Å²) in [5, 5.41) is 25.1. The van der Waals surface area contributed by atoms with E-state index in [2.05, 4.69) is 126 Å². The van der Waals surface area contributed by atoms with Gasteiger partial charge in [0.15, 0.2) is 0 Å². The van der Waals surface area contributed by atoms with Crippen LogP contribution < -0.4 is 37.6 Å². The molecule has 30 nitrogen and oxygen atoms in total. The van der Waals surface area contributed by atoms with Crippen molar-refractivity contribution in [2.45, 2.75) is 209 Å². The predicted octanol–water partition coefficient (Wildman–Crippen LogP) is 25.2. The smallest absolute Gasteiger partial charge is 0.410 e. The average molecular weight is 2360 g/mol. The lowest BCUT2D eigenvalue weighted by atomic mass is 9.97. The van der Waals surface area contributed by atoms with E-state index in [0.29, 0.717) is 117 Å². The third-order valence-corrected chi connectivity index (χ3v) is 33.4. The monoisotopic (exact) mass is 2360 g/mol. The van der Waals surface area contributed by atoms with Crippen LogP contribution in [0.3, 0.4) is 0 Å². The number of hydrogen-bond acceptors (Lipinski definition) is 30. The number of ether oxygens (including phenoxy) is 7. The van der Waals surface area contributed by atoms with Crippen molar-refractivity contribution in [2.75, 3.05) is 108 Å². The van der Waals surface area contributed by atoms with Crippen molar-refractivity contribution in [3.63, 3.8) is 0 Å². The van der Waals surface area contributed by atoms with Gasteiger partial charge in [-0.2, -0.15) is 0 Å². The van der Waals surface area contributed by atoms with E-state index in [0.717, 1.165) is 163 Å². The summed E-state index contributed by atoms with van der Waals surface area (Å²) in [6, 6.07) is 23.7. The van der Waals surface area contributed by atoms with E-state index in [4.69, 9.17) is 54.1 Å². The van der Waals surface area contributed by atoms with Crippen LogP contribution in [-0.4, -0.2) is 209 Å². The van der Waals surface area contributed by atoms with Gasteiger partial charge in [0.05, 0.1) is 85.9 Å². The molecule has 42 heteroatoms. The highest BCUT2D eigenvalue weighted by Gasteiger charge is 2.42. The summed E-state index contributed by atoms with van der Waals surface area (Å²) in [5.41, 5.74) is 14.7. The second-order valence-electron chi connectivity index (χ2n) is 38.0. The van der Waals surface area contributed by atoms with Gasteiger partial charge in [-0.05, 0) is 244 Å². The molecule has 8 N–H and O–H groups in total. The van der Waals surface area contributed by atoms with Gasteiger partial charge in [0.25, 0.3) is 0 Å². The van der Waals surface area contributed by atoms with Crippen LogP contribution >= 0.6 is 154 Å². The molecule has 0 aliphatic carbocycles. The minimum absolute atomic E-state index is 0.0443. The summed E-state index contributed by atoms with van der Waals surface area (Å²) in [6.45, 7) is 44.6. The number of aromatic nitrogens is 4. The molecule has 12 aromatic rings. The fourth-order valence-electron chi connectivity index (χ4n) is 15.8. The summed E-state index contributed by atoms with van der Waals surface area (Å²) in [6.07, 6.45) is 4.56. The first-order valence-corrected chi connectivity index (χ1v) is 56.3. The van der Waals surface area contributed by atoms with Gasteiger partial charge in [-0.1, -0.05) is 76.9 Å². The topological polar surface area (TPSA) is 364 Å². The minimum atomic E-state index is -0.566. The van der Waals surface area contributed by atoms with E-state index in [9.17, 15) is 38.4 Å². The molecule has 4 aliphatic heterocycles. The molecule has 12 heterocycles. The third kappa shape index (κ3) is 29.9. The second-order valence-corrected chi connectivity index (χ2v) is 50.1. The van der Waals surface area contributed by atoms with Crippen LogP contribution in [0, 0.1) is 0 Å². The Hall–Kier alpha value is -8.64. The van der Waals surface area contributed by atoms with E-state index >= 15 is 0 Å². The minimum Gasteiger partial charge on any atom is -0.444 e. The predicted molar refractivity (Wildman–Crippen MR) is 597 cm³/mol. The Morgan fingerprint density at radius 1 is 0.406 bits per heavy atom. The number of nitrogens with one attached hydrogen (secondary N) is 6. The number of anilines is 4. The lowest BCUT2D eigenvalue weighted by molar-refractivity contribution is -0.116. The molecule has 16 rings (SSSR count). The Morgan fingerprint density at radius 3 is 0.979 bits per heavy atom. The van der Waals surface area contributed by atoms with Gasteiger partial charge in [-0.15, -0.1) is 90.7 Å². The Kier molecular flexibility index (Phi) is 39.5. The molecule has 8 amide bonds. The maximum Gasteiger partial charge on any atom is 0.410 e. The van der Waals surface area contributed by atoms with Crippen molar-refractivity contribution in [2.24, 2.45) is 5.73 Å². The molecule has 0 saturated carbocycles. The van der Waals surface area contributed by atoms with Gasteiger partial charge in [0, 0.05) is 152 Å². The van der Waals surface area contributed by atoms with Crippen molar-refractivity contribution in [1.82, 2.24) is 50.2 Å². The van der Waals surface area contributed by atoms with E-state index in [1.54, 1.807) is 86.3 Å². The first kappa shape index (κ1) is 113. The summed E-state index contributed by atoms with van der Waals surface area (Å²) in [5.74, 6) is -0.674. The van der Waals surface area contributed by atoms with Crippen molar-refractivity contribution >= 4 is 263 Å². The van der Waals surface area contributed by atoms with Gasteiger partial charge < -0.3 is 90.4 Å². The Labute approximate surface area is 899 Å². The molecule has 4 atom stereocenters. The normalized spacial score (nSPS) is 15.6. The van der Waals surface area contributed by atoms with Crippen LogP contribution in [-0.2, 0) is 91.1 Å². The van der Waals surface area contributed by atoms with Gasteiger partial charge >= 0.3 is 24.4 Å². The lowest BCUT2D eigenvalue weighted by Crippen LogP contribution is -2.44. The number of nitrogens with zero attached hydrogens (tertiary/aromatic N) is 8. The van der Waals surface area contributed by atoms with E-state index in [1.165, 1.54) is 57.5 Å². The van der Waals surface area contributed by atoms with Crippen LogP contribution in [0.15, 0.2) is 116 Å². The van der Waals surface area contributed by atoms with Gasteiger partial charge in [0.1, 0.15) is 62.4 Å². The summed E-state index contributed by atoms with van der Waals surface area (Å²) >= 11 is 26.5. The van der Waals surface area contributed by atoms with Crippen molar-refractivity contribution < 1.29 is 71.5 Å². The number of hydrogen-bond donors (Lipinski definition) is 7. The highest BCUT2D eigenvalue weighted by Crippen LogP contribution is 2.54. The number of fused-ring (bicyclic) bond motifs is 8. The molecule has 0 saturated heterocycles. The zero-order valence-electron chi connectivity index (χ0n) is 83.6. The maximum absolute atomic E-state index is 12.9. The molecule has 0 spiro atoms. The number of carbonyl (C=O) groups is 8. The molecule has 0 bridgehead atoms. The van der Waals surface area contributed by atoms with Crippen LogP contribution in [0.1, 0.15) is 177 Å². The number of carbonyl (C=O) groups excluding carboxylic acids is 8. The quantitative estimate of drug-likeness (QED) is 0.0168. The Balaban J connectivity index is 0.000000168. The van der Waals surface area contributed by atoms with Crippen molar-refractivity contribution in [1.29, 1.82) is 0 Å². The molecule has 4 unspecified atom stereocenters. The number of nitrogens with two attached hydrogens (primary N) is 1. The molecule has 768 valence electrons. The number of rotatable bonds is 24. The largest absolute Gasteiger partial charge is 0.444 e. The highest BCUT2D eigenvalue weighted by atomic mass is 79.9. The second kappa shape index (κ2) is 49.9. The zero-order chi connectivity index (χ0) is 104. The number of thiophene rings is 4. The standard InChI is InChI=1S/2C26H33BrN4O4S2.2C23H24BrN3O3S2.C3H9NO/c1-15-22-17(9-12-31(15)25(33)35-26(2,3)4)21(23-29-18-14-16(27)6-7-19(18)36-23)24(37-22)30-20(32)8-10-28-11-13-34-5;1-15-12-17-20(14-31(15)25(33)35-26(2,3)4)37-24(30-21(32)8-9-28-10-11-34-5)22(17)23-29-18-13-16(27)6-7-19(18)36-23;1-6-18(28)26-21-19(20-25-15-10-13(24)7-8-16(15)31-20)14-9-12(2)27(11-17(14)32-21)22(29)30-23(3,4)5;1-6-17(28)26-21-18(20-25-15-11-13(24)7-8-16(15)31-20)14-9-10-27(12(2)19(14)32-21)22(29)30-23(3,4)5;1-5-3-2-4/h6-7,14-15,28H,8-13H2,1-5H3,(H,30,32);6-7,13,15,28H,8-12,14H2,1-5H3,(H,30,32);6-8,10,12H,1,9,11H2,2-5H3,(H,26,28);6-8,11-12H,1,9-10H2,2-5H3,(H,26,28);2-4H2,1H3. The SMILES string of the molecule is C=CC(=O)Nc1sc2c(c1-c1nc3cc(Br)ccc3s1)CC(C)N(C(=O)OC(C)(C)C)C2.C=CC(=O)Nc1sc2c(c1-c1nc3cc(Br)ccc3s1)CCN(C(=O)OC(C)(C)C)C2C.COCCN.COCCNCCC(=O)Nc1sc2c(c1-c1nc3cc(Br)ccc3s1)CC(C)N(C(=O)OC(C)(C)C)C2.COCCNCCC(=O)Nc1sc2c(c1-c1nc3cc(Br)ccc3s1)CCN(C(=O)OC(C)(C)C)C2C. The zero-order valence-corrected chi connectivity index (χ0v) is 96.5. The van der Waals surface area contributed by atoms with Gasteiger partial charge in [-0.25, -0.2) is 39.1 Å². The fourth-order valence-corrected chi connectivity index (χ4v) is 26.7. The Morgan fingerprint density at radius 2 is 0.692 bits per heavy atom. The molecule has 4 aromatic carbocycles. The first-order valence-electron chi connectivity index (χ1n) is 46.6. The van der Waals surface area contributed by atoms with Crippen LogP contribution in [0.2, 0.25) is 0 Å². The average Bonchev–Trinajstić information content (AvgIpc) is 1.61. The molecule has 143 heavy (non-hydrogen) atoms. The maximum atomic E-state index is 12.9. The Bertz CT molecular complexity index is 6580. The number of thiazole rings is 4. The van der Waals surface area contributed by atoms with E-state index in [-0.39, 0.29) is 72.2 Å². The van der Waals surface area contributed by atoms with E-state index < -0.39 is 22.4 Å². The number of methoxy groups -OCH3 is 3. The third-order valence-electron chi connectivity index (χ3n) is 22.3. The molecule has 0 fully saturated rings. The summed E-state index contributed by atoms with van der Waals surface area (Å²) < 4.78 is 45.4. The van der Waals surface area contributed by atoms with Crippen LogP contribution in [0.5, 0.6) is 0 Å². The number of benzene rings is 4. The first-order chi connectivity index (χ1) is 67.7. The molecular formula is C101H123Br4N15O15S8. The van der Waals surface area contributed by atoms with Crippen molar-refractivity contribution in [3.8, 4) is 42.3 Å². The summed E-state index contributed by atoms with van der Waals surface area (Å²) in [4.78, 5) is 132. The highest BCUT2D eigenvalue weighted by molar-refractivity contribution is 9.11. The number of halogens is 4. The van der Waals surface area contributed by atoms with Crippen molar-refractivity contribution in [3.05, 3.63) is 158 Å². The number of amides is 8. The lowest BCUT2D eigenvalue weighted by Gasteiger charge is -2.35. The van der Waals surface area contributed by atoms with Crippen LogP contribution in [0.4, 0.5) is 39.2 Å². The van der Waals surface area contributed by atoms with Gasteiger partial charge in [0.2, 0.25) is 23.6 Å². The molecule has 0 radical (unpaired) electrons. The molecular weight excluding hydrogens is 2240 g/mol. The van der Waals surface area contributed by atoms with E-state index in [1.807, 2.05) is 171 Å². The molecule has 8 aromatic heterocycles. The van der Waals surface area contributed by atoms with Gasteiger partial charge in [-0.3, -0.25) is 19.2 Å². The summed E-state index contributed by atoms with van der Waals surface area (Å²) in [7, 11) is 4.94. The molecule has 4 aliphatic rings. The fraction of sp³-hybridized carbons (Fsp3) is 0.446.